The van der Waals surface area contributed by atoms with Gasteiger partial charge in [0.1, 0.15) is 0 Å². The third-order valence-corrected chi connectivity index (χ3v) is 3.52. The fraction of sp³-hybridized carbons (Fsp3) is 0.846. The lowest BCUT2D eigenvalue weighted by atomic mass is 9.71. The van der Waals surface area contributed by atoms with Gasteiger partial charge in [-0.3, -0.25) is 0 Å². The van der Waals surface area contributed by atoms with Gasteiger partial charge in [0.25, 0.3) is 0 Å². The Morgan fingerprint density at radius 1 is 1.29 bits per heavy atom. The second-order valence-corrected chi connectivity index (χ2v) is 5.18. The highest BCUT2D eigenvalue weighted by molar-refractivity contribution is 5.22. The average molecular weight is 196 g/mol. The van der Waals surface area contributed by atoms with Crippen molar-refractivity contribution in [3.8, 4) is 0 Å². The van der Waals surface area contributed by atoms with Crippen molar-refractivity contribution in [3.63, 3.8) is 0 Å². The Balaban J connectivity index is 2.60. The van der Waals surface area contributed by atoms with Crippen LogP contribution < -0.4 is 0 Å². The third-order valence-electron chi connectivity index (χ3n) is 3.52. The zero-order valence-corrected chi connectivity index (χ0v) is 9.90. The lowest BCUT2D eigenvalue weighted by Crippen LogP contribution is -2.20. The maximum atomic E-state index is 8.78. The van der Waals surface area contributed by atoms with Crippen LogP contribution in [0.25, 0.3) is 0 Å². The van der Waals surface area contributed by atoms with Gasteiger partial charge in [-0.1, -0.05) is 25.0 Å². The van der Waals surface area contributed by atoms with Gasteiger partial charge >= 0.3 is 0 Å². The normalized spacial score (nSPS) is 21.4. The molecular formula is C13H24O. The van der Waals surface area contributed by atoms with Crippen molar-refractivity contribution in [1.29, 1.82) is 0 Å². The predicted molar refractivity (Wildman–Crippen MR) is 61.3 cm³/mol. The van der Waals surface area contributed by atoms with Crippen molar-refractivity contribution in [2.45, 2.75) is 59.3 Å². The Hall–Kier alpha value is -0.300. The molecule has 1 aliphatic rings. The first-order valence-electron chi connectivity index (χ1n) is 5.88. The van der Waals surface area contributed by atoms with Crippen molar-refractivity contribution in [1.82, 2.24) is 0 Å². The molecule has 0 amide bonds. The van der Waals surface area contributed by atoms with E-state index in [1.54, 1.807) is 11.1 Å². The Bertz CT molecular complexity index is 213. The van der Waals surface area contributed by atoms with Gasteiger partial charge in [-0.2, -0.15) is 0 Å². The molecule has 0 saturated heterocycles. The number of rotatable bonds is 4. The molecule has 0 unspecified atom stereocenters. The Morgan fingerprint density at radius 3 is 2.57 bits per heavy atom. The lowest BCUT2D eigenvalue weighted by molar-refractivity contribution is 0.280. The summed E-state index contributed by atoms with van der Waals surface area (Å²) in [5, 5.41) is 8.78. The van der Waals surface area contributed by atoms with Gasteiger partial charge in [-0.05, 0) is 50.9 Å². The van der Waals surface area contributed by atoms with E-state index in [0.29, 0.717) is 12.0 Å². The lowest BCUT2D eigenvalue weighted by Gasteiger charge is -2.34. The zero-order chi connectivity index (χ0) is 10.6. The molecule has 0 spiro atoms. The second kappa shape index (κ2) is 4.97. The molecule has 1 nitrogen and oxygen atoms in total. The summed E-state index contributed by atoms with van der Waals surface area (Å²) < 4.78 is 0. The van der Waals surface area contributed by atoms with Crippen LogP contribution in [-0.2, 0) is 0 Å². The molecule has 1 N–H and O–H groups in total. The second-order valence-electron chi connectivity index (χ2n) is 5.18. The van der Waals surface area contributed by atoms with E-state index in [4.69, 9.17) is 5.11 Å². The Labute approximate surface area is 88.2 Å². The molecule has 0 saturated carbocycles. The zero-order valence-electron chi connectivity index (χ0n) is 9.90. The molecule has 14 heavy (non-hydrogen) atoms. The van der Waals surface area contributed by atoms with Crippen LogP contribution in [0.5, 0.6) is 0 Å². The molecular weight excluding hydrogens is 172 g/mol. The molecule has 82 valence electrons. The summed E-state index contributed by atoms with van der Waals surface area (Å²) in [4.78, 5) is 0. The third kappa shape index (κ3) is 2.84. The van der Waals surface area contributed by atoms with Crippen molar-refractivity contribution in [3.05, 3.63) is 11.1 Å². The van der Waals surface area contributed by atoms with E-state index in [1.807, 2.05) is 0 Å². The van der Waals surface area contributed by atoms with E-state index < -0.39 is 0 Å². The Morgan fingerprint density at radius 2 is 2.00 bits per heavy atom. The van der Waals surface area contributed by atoms with E-state index in [2.05, 4.69) is 20.8 Å². The summed E-state index contributed by atoms with van der Waals surface area (Å²) in [7, 11) is 0. The standard InChI is InChI=1S/C13H24O/c1-11-7-6-9-13(2,3)12(11)8-4-5-10-14/h14H,4-10H2,1-3H3. The van der Waals surface area contributed by atoms with Crippen molar-refractivity contribution >= 4 is 0 Å². The minimum absolute atomic E-state index is 0.340. The van der Waals surface area contributed by atoms with Gasteiger partial charge in [0.15, 0.2) is 0 Å². The fourth-order valence-electron chi connectivity index (χ4n) is 2.64. The maximum Gasteiger partial charge on any atom is 0.0431 e. The average Bonchev–Trinajstić information content (AvgIpc) is 2.09. The number of unbranched alkanes of at least 4 members (excludes halogenated alkanes) is 1. The van der Waals surface area contributed by atoms with E-state index in [-0.39, 0.29) is 0 Å². The van der Waals surface area contributed by atoms with Crippen LogP contribution in [0.3, 0.4) is 0 Å². The van der Waals surface area contributed by atoms with Crippen LogP contribution in [0.15, 0.2) is 11.1 Å². The fourth-order valence-corrected chi connectivity index (χ4v) is 2.64. The minimum Gasteiger partial charge on any atom is -0.396 e. The highest BCUT2D eigenvalue weighted by atomic mass is 16.2. The molecule has 0 aromatic rings. The molecule has 0 aliphatic heterocycles. The van der Waals surface area contributed by atoms with Gasteiger partial charge < -0.3 is 5.11 Å². The number of hydrogen-bond donors (Lipinski definition) is 1. The first kappa shape index (κ1) is 11.8. The molecule has 1 aliphatic carbocycles. The molecule has 0 aromatic heterocycles. The predicted octanol–water partition coefficient (Wildman–Crippen LogP) is 3.68. The summed E-state index contributed by atoms with van der Waals surface area (Å²) in [6.07, 6.45) is 7.26. The molecule has 1 heteroatoms. The topological polar surface area (TPSA) is 20.2 Å². The highest BCUT2D eigenvalue weighted by Gasteiger charge is 2.27. The van der Waals surface area contributed by atoms with E-state index in [1.165, 1.54) is 25.7 Å². The van der Waals surface area contributed by atoms with Gasteiger partial charge in [-0.25, -0.2) is 0 Å². The molecule has 0 heterocycles. The first-order chi connectivity index (χ1) is 6.58. The Kier molecular flexibility index (Phi) is 4.18. The van der Waals surface area contributed by atoms with E-state index in [9.17, 15) is 0 Å². The van der Waals surface area contributed by atoms with E-state index >= 15 is 0 Å². The van der Waals surface area contributed by atoms with Crippen LogP contribution >= 0.6 is 0 Å². The van der Waals surface area contributed by atoms with Gasteiger partial charge in [0.05, 0.1) is 0 Å². The number of aliphatic hydroxyl groups is 1. The maximum absolute atomic E-state index is 8.78. The van der Waals surface area contributed by atoms with Gasteiger partial charge in [0, 0.05) is 6.61 Å². The molecule has 0 atom stereocenters. The number of allylic oxidation sites excluding steroid dienone is 2. The summed E-state index contributed by atoms with van der Waals surface area (Å²) in [6.45, 7) is 7.36. The van der Waals surface area contributed by atoms with Crippen LogP contribution in [0.4, 0.5) is 0 Å². The van der Waals surface area contributed by atoms with Crippen LogP contribution in [0.2, 0.25) is 0 Å². The molecule has 0 aromatic carbocycles. The van der Waals surface area contributed by atoms with Crippen LogP contribution in [0, 0.1) is 5.41 Å². The molecule has 0 bridgehead atoms. The molecule has 0 fully saturated rings. The number of hydrogen-bond acceptors (Lipinski definition) is 1. The van der Waals surface area contributed by atoms with Gasteiger partial charge in [0.2, 0.25) is 0 Å². The minimum atomic E-state index is 0.340. The van der Waals surface area contributed by atoms with Crippen molar-refractivity contribution in [2.75, 3.05) is 6.61 Å². The van der Waals surface area contributed by atoms with Gasteiger partial charge in [-0.15, -0.1) is 0 Å². The van der Waals surface area contributed by atoms with E-state index in [0.717, 1.165) is 12.8 Å². The molecule has 1 rings (SSSR count). The van der Waals surface area contributed by atoms with Crippen molar-refractivity contribution < 1.29 is 5.11 Å². The SMILES string of the molecule is CC1=C(CCCCO)C(C)(C)CCC1. The van der Waals surface area contributed by atoms with Crippen LogP contribution in [0.1, 0.15) is 59.3 Å². The summed E-state index contributed by atoms with van der Waals surface area (Å²) in [5.41, 5.74) is 3.69. The summed E-state index contributed by atoms with van der Waals surface area (Å²) in [5.74, 6) is 0. The van der Waals surface area contributed by atoms with Crippen molar-refractivity contribution in [2.24, 2.45) is 5.41 Å². The number of aliphatic hydroxyl groups excluding tert-OH is 1. The van der Waals surface area contributed by atoms with Crippen LogP contribution in [-0.4, -0.2) is 11.7 Å². The highest BCUT2D eigenvalue weighted by Crippen LogP contribution is 2.42. The monoisotopic (exact) mass is 196 g/mol. The first-order valence-corrected chi connectivity index (χ1v) is 5.88. The summed E-state index contributed by atoms with van der Waals surface area (Å²) in [6, 6.07) is 0. The quantitative estimate of drug-likeness (QED) is 0.537. The summed E-state index contributed by atoms with van der Waals surface area (Å²) >= 11 is 0. The largest absolute Gasteiger partial charge is 0.396 e. The smallest absolute Gasteiger partial charge is 0.0431 e. The molecule has 0 radical (unpaired) electrons.